The van der Waals surface area contributed by atoms with Gasteiger partial charge in [0, 0.05) is 44.3 Å². The fourth-order valence-corrected chi connectivity index (χ4v) is 5.71. The highest BCUT2D eigenvalue weighted by atomic mass is 79.9. The third-order valence-electron chi connectivity index (χ3n) is 5.34. The molecule has 0 aliphatic carbocycles. The van der Waals surface area contributed by atoms with E-state index >= 15 is 0 Å². The second kappa shape index (κ2) is 8.74. The Morgan fingerprint density at radius 2 is 1.88 bits per heavy atom. The van der Waals surface area contributed by atoms with E-state index in [4.69, 9.17) is 28.0 Å². The lowest BCUT2D eigenvalue weighted by atomic mass is 9.86. The van der Waals surface area contributed by atoms with Crippen LogP contribution >= 0.6 is 50.9 Å². The van der Waals surface area contributed by atoms with Gasteiger partial charge < -0.3 is 10.2 Å². The number of carbonyl (C=O) groups excluding carboxylic acids is 1. The van der Waals surface area contributed by atoms with Gasteiger partial charge in [-0.2, -0.15) is 24.9 Å². The summed E-state index contributed by atoms with van der Waals surface area (Å²) in [7, 11) is 0. The molecule has 2 aromatic carbocycles. The molecule has 32 heavy (non-hydrogen) atoms. The van der Waals surface area contributed by atoms with E-state index in [0.29, 0.717) is 16.7 Å². The molecule has 1 N–H and O–H groups in total. The molecule has 1 saturated heterocycles. The van der Waals surface area contributed by atoms with Gasteiger partial charge in [0.1, 0.15) is 10.5 Å². The first-order valence-electron chi connectivity index (χ1n) is 9.46. The number of nitrogens with zero attached hydrogens (tertiary/aromatic N) is 1. The Bertz CT molecular complexity index is 1090. The van der Waals surface area contributed by atoms with E-state index in [1.807, 2.05) is 0 Å². The van der Waals surface area contributed by atoms with Crippen molar-refractivity contribution in [3.8, 4) is 0 Å². The van der Waals surface area contributed by atoms with Crippen molar-refractivity contribution in [1.29, 1.82) is 0 Å². The maximum Gasteiger partial charge on any atom is 0.436 e. The van der Waals surface area contributed by atoms with Crippen molar-refractivity contribution in [1.82, 2.24) is 5.32 Å². The number of thioether (sulfide) groups is 1. The molecule has 4 nitrogen and oxygen atoms in total. The van der Waals surface area contributed by atoms with Crippen LogP contribution in [0.1, 0.15) is 27.0 Å². The van der Waals surface area contributed by atoms with Crippen LogP contribution in [0, 0.1) is 6.92 Å². The quantitative estimate of drug-likeness (QED) is 0.454. The van der Waals surface area contributed by atoms with Gasteiger partial charge in [-0.15, -0.1) is 0 Å². The number of alkyl halides is 4. The number of oxime groups is 1. The number of rotatable bonds is 4. The minimum absolute atomic E-state index is 0.0453. The summed E-state index contributed by atoms with van der Waals surface area (Å²) >= 11 is 16.8. The van der Waals surface area contributed by atoms with E-state index < -0.39 is 16.6 Å². The van der Waals surface area contributed by atoms with Crippen molar-refractivity contribution in [2.75, 3.05) is 11.5 Å². The summed E-state index contributed by atoms with van der Waals surface area (Å²) in [5, 5.41) is 6.82. The minimum atomic E-state index is -4.84. The lowest BCUT2D eigenvalue weighted by molar-refractivity contribution is -0.273. The van der Waals surface area contributed by atoms with Gasteiger partial charge in [-0.25, -0.2) is 0 Å². The summed E-state index contributed by atoms with van der Waals surface area (Å²) < 4.78 is 43.0. The van der Waals surface area contributed by atoms with E-state index in [9.17, 15) is 18.0 Å². The highest BCUT2D eigenvalue weighted by Gasteiger charge is 2.67. The van der Waals surface area contributed by atoms with Crippen LogP contribution < -0.4 is 5.32 Å². The first kappa shape index (κ1) is 23.7. The summed E-state index contributed by atoms with van der Waals surface area (Å²) in [5.41, 5.74) is -1.56. The Kier molecular flexibility index (Phi) is 6.48. The fraction of sp³-hybridized carbons (Fsp3) is 0.333. The van der Waals surface area contributed by atoms with E-state index in [0.717, 1.165) is 23.6 Å². The molecule has 2 aliphatic heterocycles. The van der Waals surface area contributed by atoms with Crippen molar-refractivity contribution < 1.29 is 22.8 Å². The normalized spacial score (nSPS) is 23.3. The lowest BCUT2D eigenvalue weighted by Crippen LogP contribution is -2.50. The Morgan fingerprint density at radius 3 is 2.41 bits per heavy atom. The molecule has 2 unspecified atom stereocenters. The fourth-order valence-electron chi connectivity index (χ4n) is 3.59. The Labute approximate surface area is 205 Å². The highest BCUT2D eigenvalue weighted by Crippen LogP contribution is 2.52. The molecule has 4 rings (SSSR count). The number of hydrogen-bond acceptors (Lipinski definition) is 4. The molecule has 0 spiro atoms. The number of halogens is 6. The zero-order valence-electron chi connectivity index (χ0n) is 16.5. The molecule has 2 heterocycles. The summed E-state index contributed by atoms with van der Waals surface area (Å²) in [6, 6.07) is 8.56. The van der Waals surface area contributed by atoms with Crippen molar-refractivity contribution in [2.45, 2.75) is 29.6 Å². The molecule has 1 fully saturated rings. The molecule has 2 aromatic rings. The summed E-state index contributed by atoms with van der Waals surface area (Å²) in [6.45, 7) is 1.72. The van der Waals surface area contributed by atoms with Gasteiger partial charge in [0.05, 0.1) is 0 Å². The average molecular weight is 568 g/mol. The number of hydrogen-bond donors (Lipinski definition) is 1. The van der Waals surface area contributed by atoms with Crippen molar-refractivity contribution in [3.05, 3.63) is 68.7 Å². The SMILES string of the molecule is Cc1cc(C2=NOC(c3cc(Cl)cc(Cl)c3)(C(F)(F)F)C2Br)ccc1C(=O)NC1CSC1. The maximum atomic E-state index is 14.3. The van der Waals surface area contributed by atoms with Gasteiger partial charge in [-0.1, -0.05) is 50.4 Å². The summed E-state index contributed by atoms with van der Waals surface area (Å²) in [6.07, 6.45) is -4.84. The van der Waals surface area contributed by atoms with Crippen molar-refractivity contribution in [2.24, 2.45) is 5.16 Å². The molecule has 170 valence electrons. The molecule has 0 bridgehead atoms. The highest BCUT2D eigenvalue weighted by molar-refractivity contribution is 9.10. The minimum Gasteiger partial charge on any atom is -0.373 e. The summed E-state index contributed by atoms with van der Waals surface area (Å²) in [5.74, 6) is 1.53. The van der Waals surface area contributed by atoms with Crippen LogP contribution in [0.3, 0.4) is 0 Å². The zero-order valence-corrected chi connectivity index (χ0v) is 20.4. The predicted molar refractivity (Wildman–Crippen MR) is 124 cm³/mol. The van der Waals surface area contributed by atoms with Gasteiger partial charge in [-0.05, 0) is 42.8 Å². The molecule has 0 radical (unpaired) electrons. The van der Waals surface area contributed by atoms with Crippen molar-refractivity contribution >= 4 is 62.5 Å². The van der Waals surface area contributed by atoms with Crippen LogP contribution in [0.5, 0.6) is 0 Å². The second-order valence-electron chi connectivity index (χ2n) is 7.56. The van der Waals surface area contributed by atoms with E-state index in [1.165, 1.54) is 6.07 Å². The number of nitrogens with one attached hydrogen (secondary N) is 1. The molecule has 11 heteroatoms. The Morgan fingerprint density at radius 1 is 1.22 bits per heavy atom. The van der Waals surface area contributed by atoms with Crippen LogP contribution in [0.4, 0.5) is 13.2 Å². The van der Waals surface area contributed by atoms with Crippen LogP contribution in [-0.2, 0) is 10.4 Å². The van der Waals surface area contributed by atoms with E-state index in [2.05, 4.69) is 26.4 Å². The van der Waals surface area contributed by atoms with Crippen LogP contribution in [0.25, 0.3) is 0 Å². The van der Waals surface area contributed by atoms with Gasteiger partial charge in [0.25, 0.3) is 11.5 Å². The molecular formula is C21H16BrCl2F3N2O2S. The van der Waals surface area contributed by atoms with Gasteiger partial charge in [0.15, 0.2) is 0 Å². The zero-order chi connectivity index (χ0) is 23.3. The van der Waals surface area contributed by atoms with Crippen molar-refractivity contribution in [3.63, 3.8) is 0 Å². The second-order valence-corrected chi connectivity index (χ2v) is 10.4. The Hall–Kier alpha value is -1.42. The molecular weight excluding hydrogens is 552 g/mol. The third-order valence-corrected chi connectivity index (χ3v) is 8.13. The summed E-state index contributed by atoms with van der Waals surface area (Å²) in [4.78, 5) is 16.2. The first-order chi connectivity index (χ1) is 15.0. The topological polar surface area (TPSA) is 50.7 Å². The van der Waals surface area contributed by atoms with Gasteiger partial charge in [-0.3, -0.25) is 4.79 Å². The standard InChI is InChI=1S/C21H16BrCl2F3N2O2S/c1-10-4-11(2-3-16(10)19(30)28-15-8-32-9-15)17-18(22)20(31-29-17,21(25,26)27)12-5-13(23)7-14(24)6-12/h2-7,15,18H,8-9H2,1H3,(H,28,30). The smallest absolute Gasteiger partial charge is 0.373 e. The van der Waals surface area contributed by atoms with Crippen LogP contribution in [0.2, 0.25) is 10.0 Å². The first-order valence-corrected chi connectivity index (χ1v) is 12.3. The molecule has 2 atom stereocenters. The number of carbonyl (C=O) groups is 1. The largest absolute Gasteiger partial charge is 0.436 e. The molecule has 0 saturated carbocycles. The van der Waals surface area contributed by atoms with E-state index in [1.54, 1.807) is 36.9 Å². The maximum absolute atomic E-state index is 14.3. The predicted octanol–water partition coefficient (Wildman–Crippen LogP) is 6.10. The van der Waals surface area contributed by atoms with Crippen LogP contribution in [0.15, 0.2) is 41.6 Å². The van der Waals surface area contributed by atoms with Crippen LogP contribution in [-0.4, -0.2) is 40.2 Å². The van der Waals surface area contributed by atoms with Gasteiger partial charge >= 0.3 is 6.18 Å². The molecule has 1 amide bonds. The number of benzene rings is 2. The average Bonchev–Trinajstić information content (AvgIpc) is 3.01. The number of amides is 1. The molecule has 0 aromatic heterocycles. The monoisotopic (exact) mass is 566 g/mol. The Balaban J connectivity index is 1.67. The lowest BCUT2D eigenvalue weighted by Gasteiger charge is -2.33. The molecule has 2 aliphatic rings. The third kappa shape index (κ3) is 4.13. The van der Waals surface area contributed by atoms with E-state index in [-0.39, 0.29) is 33.3 Å². The van der Waals surface area contributed by atoms with Gasteiger partial charge in [0.2, 0.25) is 0 Å². The number of aryl methyl sites for hydroxylation is 1.